The van der Waals surface area contributed by atoms with Crippen LogP contribution in [-0.4, -0.2) is 35.4 Å². The Morgan fingerprint density at radius 2 is 1.57 bits per heavy atom. The molecule has 1 spiro atoms. The van der Waals surface area contributed by atoms with Gasteiger partial charge in [0.25, 0.3) is 0 Å². The Bertz CT molecular complexity index is 753. The number of aliphatic hydroxyl groups is 1. The second-order valence-electron chi connectivity index (χ2n) is 13.2. The summed E-state index contributed by atoms with van der Waals surface area (Å²) in [4.78, 5) is 23.6. The fraction of sp³-hybridized carbons (Fsp3) is 0.938. The third-order valence-electron chi connectivity index (χ3n) is 10.5. The van der Waals surface area contributed by atoms with E-state index >= 15 is 0 Å². The number of aliphatic hydroxyl groups excluding tert-OH is 1. The number of esters is 2. The molecule has 1 saturated heterocycles. The molecular weight excluding hydrogens is 464 g/mol. The number of hydrogen-bond acceptors (Lipinski definition) is 5. The van der Waals surface area contributed by atoms with Crippen LogP contribution in [0, 0.1) is 58.7 Å². The summed E-state index contributed by atoms with van der Waals surface area (Å²) in [6.07, 6.45) is 5.31. The van der Waals surface area contributed by atoms with E-state index in [1.54, 1.807) is 0 Å². The minimum atomic E-state index is -0.528. The molecule has 0 radical (unpaired) electrons. The summed E-state index contributed by atoms with van der Waals surface area (Å²) in [5, 5.41) is 10.3. The first-order valence-electron chi connectivity index (χ1n) is 13.4. The van der Waals surface area contributed by atoms with Gasteiger partial charge in [0.1, 0.15) is 5.60 Å². The first-order chi connectivity index (χ1) is 15.3. The number of cyclic esters (lactones) is 1. The van der Waals surface area contributed by atoms with Gasteiger partial charge >= 0.3 is 11.9 Å². The van der Waals surface area contributed by atoms with E-state index in [0.717, 1.165) is 48.9 Å². The highest BCUT2D eigenvalue weighted by atomic mass is 16.6. The predicted octanol–water partition coefficient (Wildman–Crippen LogP) is 7.78. The molecule has 11 atom stereocenters. The lowest BCUT2D eigenvalue weighted by atomic mass is 9.65. The van der Waals surface area contributed by atoms with E-state index < -0.39 is 11.7 Å². The molecule has 11 unspecified atom stereocenters. The van der Waals surface area contributed by atoms with Crippen molar-refractivity contribution < 1.29 is 24.2 Å². The molecular formula is C32H62O5. The molecule has 0 amide bonds. The average molecular weight is 527 g/mol. The molecule has 0 aromatic carbocycles. The van der Waals surface area contributed by atoms with E-state index in [4.69, 9.17) is 9.47 Å². The van der Waals surface area contributed by atoms with Crippen molar-refractivity contribution in [2.45, 2.75) is 128 Å². The van der Waals surface area contributed by atoms with Crippen LogP contribution in [0.3, 0.4) is 0 Å². The van der Waals surface area contributed by atoms with Crippen molar-refractivity contribution in [2.75, 3.05) is 6.61 Å². The summed E-state index contributed by atoms with van der Waals surface area (Å²) in [7, 11) is 0. The van der Waals surface area contributed by atoms with E-state index in [1.807, 2.05) is 20.8 Å². The lowest BCUT2D eigenvalue weighted by Crippen LogP contribution is -2.38. The highest BCUT2D eigenvalue weighted by Crippen LogP contribution is 2.64. The van der Waals surface area contributed by atoms with Crippen LogP contribution in [0.2, 0.25) is 0 Å². The molecule has 1 heterocycles. The summed E-state index contributed by atoms with van der Waals surface area (Å²) < 4.78 is 10.5. The summed E-state index contributed by atoms with van der Waals surface area (Å²) in [6.45, 7) is 15.5. The second kappa shape index (κ2) is 12.8. The summed E-state index contributed by atoms with van der Waals surface area (Å²) in [6, 6.07) is 0. The highest BCUT2D eigenvalue weighted by molar-refractivity contribution is 5.79. The molecule has 4 aliphatic carbocycles. The molecule has 5 heteroatoms. The van der Waals surface area contributed by atoms with E-state index in [1.165, 1.54) is 12.8 Å². The Morgan fingerprint density at radius 3 is 2.00 bits per heavy atom. The van der Waals surface area contributed by atoms with Gasteiger partial charge in [-0.05, 0) is 106 Å². The van der Waals surface area contributed by atoms with E-state index in [-0.39, 0.29) is 53.5 Å². The minimum Gasteiger partial charge on any atom is -0.465 e. The van der Waals surface area contributed by atoms with Crippen molar-refractivity contribution in [3.05, 3.63) is 0 Å². The first-order valence-corrected chi connectivity index (χ1v) is 13.4. The fourth-order valence-corrected chi connectivity index (χ4v) is 8.41. The number of carbonyl (C=O) groups excluding carboxylic acids is 2. The molecule has 1 N–H and O–H groups in total. The molecule has 220 valence electrons. The van der Waals surface area contributed by atoms with Crippen LogP contribution in [0.15, 0.2) is 0 Å². The summed E-state index contributed by atoms with van der Waals surface area (Å²) in [5.41, 5.74) is -0.510. The van der Waals surface area contributed by atoms with Crippen LogP contribution >= 0.6 is 0 Å². The van der Waals surface area contributed by atoms with Crippen LogP contribution in [0.25, 0.3) is 0 Å². The van der Waals surface area contributed by atoms with Gasteiger partial charge < -0.3 is 14.6 Å². The smallest absolute Gasteiger partial charge is 0.312 e. The number of ether oxygens (including phenoxy) is 2. The molecule has 5 rings (SSSR count). The van der Waals surface area contributed by atoms with Crippen LogP contribution in [0.1, 0.15) is 117 Å². The fourth-order valence-electron chi connectivity index (χ4n) is 8.41. The SMILES string of the molecule is C.C.C.C.CC1C2CC(C(O)CC(=O)OC(C)(C)C)C(C2)C1C.CC1C2CC(C1C)C1(CCOC1=O)C2. The highest BCUT2D eigenvalue weighted by Gasteiger charge is 2.63. The average Bonchev–Trinajstić information content (AvgIpc) is 3.49. The summed E-state index contributed by atoms with van der Waals surface area (Å²) in [5.74, 6) is 5.88. The molecule has 0 aromatic heterocycles. The van der Waals surface area contributed by atoms with Crippen LogP contribution < -0.4 is 0 Å². The van der Waals surface area contributed by atoms with E-state index in [2.05, 4.69) is 27.7 Å². The van der Waals surface area contributed by atoms with Gasteiger partial charge in [-0.1, -0.05) is 57.4 Å². The maximum Gasteiger partial charge on any atom is 0.312 e. The Kier molecular flexibility index (Phi) is 12.5. The minimum absolute atomic E-state index is 0. The van der Waals surface area contributed by atoms with Crippen LogP contribution in [0.5, 0.6) is 0 Å². The lowest BCUT2D eigenvalue weighted by Gasteiger charge is -2.37. The third kappa shape index (κ3) is 6.56. The van der Waals surface area contributed by atoms with Gasteiger partial charge in [-0.15, -0.1) is 0 Å². The van der Waals surface area contributed by atoms with Crippen molar-refractivity contribution in [2.24, 2.45) is 58.7 Å². The van der Waals surface area contributed by atoms with Gasteiger partial charge in [-0.3, -0.25) is 9.59 Å². The number of hydrogen-bond donors (Lipinski definition) is 1. The Labute approximate surface area is 229 Å². The Balaban J connectivity index is 0.000000650. The van der Waals surface area contributed by atoms with Crippen molar-refractivity contribution in [1.29, 1.82) is 0 Å². The van der Waals surface area contributed by atoms with Crippen molar-refractivity contribution >= 4 is 11.9 Å². The maximum absolute atomic E-state index is 11.8. The third-order valence-corrected chi connectivity index (χ3v) is 10.5. The van der Waals surface area contributed by atoms with Gasteiger partial charge in [0.2, 0.25) is 0 Å². The van der Waals surface area contributed by atoms with Gasteiger partial charge in [0.05, 0.1) is 24.5 Å². The van der Waals surface area contributed by atoms with E-state index in [9.17, 15) is 14.7 Å². The van der Waals surface area contributed by atoms with Gasteiger partial charge in [-0.2, -0.15) is 0 Å². The van der Waals surface area contributed by atoms with E-state index in [0.29, 0.717) is 30.3 Å². The second-order valence-corrected chi connectivity index (χ2v) is 13.2. The zero-order chi connectivity index (χ0) is 24.3. The normalized spacial score (nSPS) is 41.3. The molecule has 5 aliphatic rings. The lowest BCUT2D eigenvalue weighted by molar-refractivity contribution is -0.158. The van der Waals surface area contributed by atoms with Crippen molar-refractivity contribution in [3.63, 3.8) is 0 Å². The molecule has 37 heavy (non-hydrogen) atoms. The molecule has 1 aliphatic heterocycles. The number of carbonyl (C=O) groups is 2. The first kappa shape index (κ1) is 35.9. The van der Waals surface area contributed by atoms with Gasteiger partial charge in [-0.25, -0.2) is 0 Å². The van der Waals surface area contributed by atoms with Crippen molar-refractivity contribution in [1.82, 2.24) is 0 Å². The standard InChI is InChI=1S/C16H28O3.C12H18O2.4CH4/c1-9-10(2)12-6-11(9)7-13(12)14(17)8-15(18)19-16(3,4)5;1-7-8(2)10-5-9(7)6-12(10)3-4-14-11(12)13;;;;/h9-14,17H,6-8H2,1-5H3;7-10H,3-6H2,1-2H3;4*1H4. The predicted molar refractivity (Wildman–Crippen MR) is 154 cm³/mol. The molecule has 0 aromatic rings. The zero-order valence-corrected chi connectivity index (χ0v) is 21.8. The maximum atomic E-state index is 11.8. The largest absolute Gasteiger partial charge is 0.465 e. The molecule has 5 nitrogen and oxygen atoms in total. The topological polar surface area (TPSA) is 72.8 Å². The molecule has 4 bridgehead atoms. The Hall–Kier alpha value is -1.10. The van der Waals surface area contributed by atoms with Gasteiger partial charge in [0.15, 0.2) is 0 Å². The molecule has 5 fully saturated rings. The zero-order valence-electron chi connectivity index (χ0n) is 21.8. The van der Waals surface area contributed by atoms with Crippen LogP contribution in [0.4, 0.5) is 0 Å². The molecule has 4 saturated carbocycles. The number of fused-ring (bicyclic) bond motifs is 5. The monoisotopic (exact) mass is 526 g/mol. The Morgan fingerprint density at radius 1 is 0.973 bits per heavy atom. The van der Waals surface area contributed by atoms with Crippen LogP contribution in [-0.2, 0) is 19.1 Å². The quantitative estimate of drug-likeness (QED) is 0.380. The number of rotatable bonds is 3. The van der Waals surface area contributed by atoms with Gasteiger partial charge in [0, 0.05) is 0 Å². The summed E-state index contributed by atoms with van der Waals surface area (Å²) >= 11 is 0. The van der Waals surface area contributed by atoms with Crippen molar-refractivity contribution in [3.8, 4) is 0 Å².